The van der Waals surface area contributed by atoms with Gasteiger partial charge < -0.3 is 9.64 Å². The Labute approximate surface area is 104 Å². The maximum atomic E-state index is 5.41. The number of methoxy groups -OCH3 is 1. The molecule has 1 aliphatic heterocycles. The van der Waals surface area contributed by atoms with Crippen LogP contribution in [0.4, 0.5) is 5.69 Å². The fraction of sp³-hybridized carbons (Fsp3) is 0.500. The van der Waals surface area contributed by atoms with E-state index in [-0.39, 0.29) is 0 Å². The van der Waals surface area contributed by atoms with Gasteiger partial charge in [0.15, 0.2) is 0 Å². The summed E-state index contributed by atoms with van der Waals surface area (Å²) >= 11 is 0. The van der Waals surface area contributed by atoms with E-state index in [4.69, 9.17) is 4.74 Å². The molecule has 1 saturated heterocycles. The highest BCUT2D eigenvalue weighted by atomic mass is 16.5. The summed E-state index contributed by atoms with van der Waals surface area (Å²) in [6, 6.07) is 8.26. The molecule has 3 heteroatoms. The van der Waals surface area contributed by atoms with Gasteiger partial charge in [-0.25, -0.2) is 0 Å². The number of anilines is 1. The molecule has 0 saturated carbocycles. The predicted octanol–water partition coefficient (Wildman–Crippen LogP) is 2.04. The van der Waals surface area contributed by atoms with E-state index in [2.05, 4.69) is 35.3 Å². The molecule has 0 amide bonds. The Hall–Kier alpha value is -1.22. The second kappa shape index (κ2) is 5.92. The van der Waals surface area contributed by atoms with Gasteiger partial charge in [-0.2, -0.15) is 0 Å². The lowest BCUT2D eigenvalue weighted by atomic mass is 10.2. The van der Waals surface area contributed by atoms with Crippen LogP contribution in [0.3, 0.4) is 0 Å². The maximum Gasteiger partial charge on any atom is 0.142 e. The van der Waals surface area contributed by atoms with E-state index in [1.54, 1.807) is 7.11 Å². The Bertz CT molecular complexity index is 346. The average molecular weight is 233 g/mol. The van der Waals surface area contributed by atoms with Gasteiger partial charge in [0.05, 0.1) is 12.8 Å². The lowest BCUT2D eigenvalue weighted by Gasteiger charge is -2.36. The Morgan fingerprint density at radius 2 is 1.88 bits per heavy atom. The molecule has 0 unspecified atom stereocenters. The molecule has 1 radical (unpaired) electrons. The minimum atomic E-state index is 0.975. The molecule has 0 atom stereocenters. The molecule has 17 heavy (non-hydrogen) atoms. The molecule has 0 aliphatic carbocycles. The zero-order valence-electron chi connectivity index (χ0n) is 10.7. The quantitative estimate of drug-likeness (QED) is 0.791. The van der Waals surface area contributed by atoms with Crippen molar-refractivity contribution < 1.29 is 4.74 Å². The van der Waals surface area contributed by atoms with Crippen molar-refractivity contribution >= 4 is 5.69 Å². The third kappa shape index (κ3) is 2.91. The van der Waals surface area contributed by atoms with E-state index in [1.165, 1.54) is 5.69 Å². The van der Waals surface area contributed by atoms with Gasteiger partial charge in [0.2, 0.25) is 0 Å². The summed E-state index contributed by atoms with van der Waals surface area (Å²) in [7, 11) is 1.74. The predicted molar refractivity (Wildman–Crippen MR) is 71.6 cm³/mol. The molecule has 2 rings (SSSR count). The van der Waals surface area contributed by atoms with Gasteiger partial charge in [0.1, 0.15) is 5.75 Å². The second-order valence-electron chi connectivity index (χ2n) is 4.37. The fourth-order valence-corrected chi connectivity index (χ4v) is 2.32. The van der Waals surface area contributed by atoms with Crippen LogP contribution >= 0.6 is 0 Å². The van der Waals surface area contributed by atoms with Gasteiger partial charge in [0.25, 0.3) is 0 Å². The average Bonchev–Trinajstić information content (AvgIpc) is 2.40. The van der Waals surface area contributed by atoms with Crippen LogP contribution in [0.25, 0.3) is 0 Å². The van der Waals surface area contributed by atoms with Crippen LogP contribution in [0.1, 0.15) is 6.92 Å². The number of para-hydroxylation sites is 2. The standard InChI is InChI=1S/C14H21N2O/c1-3-8-15-9-11-16(12-10-15)13-6-4-5-7-14(13)17-2/h3-7H,8-12H2,1-2H3. The van der Waals surface area contributed by atoms with E-state index in [9.17, 15) is 0 Å². The zero-order valence-corrected chi connectivity index (χ0v) is 10.7. The molecule has 1 heterocycles. The first-order valence-corrected chi connectivity index (χ1v) is 6.23. The highest BCUT2D eigenvalue weighted by Crippen LogP contribution is 2.28. The lowest BCUT2D eigenvalue weighted by Crippen LogP contribution is -2.46. The van der Waals surface area contributed by atoms with Gasteiger partial charge in [-0.05, 0) is 18.6 Å². The van der Waals surface area contributed by atoms with Crippen molar-refractivity contribution in [1.29, 1.82) is 0 Å². The number of hydrogen-bond acceptors (Lipinski definition) is 3. The third-order valence-corrected chi connectivity index (χ3v) is 3.24. The Balaban J connectivity index is 2.00. The molecule has 3 nitrogen and oxygen atoms in total. The zero-order chi connectivity index (χ0) is 12.1. The summed E-state index contributed by atoms with van der Waals surface area (Å²) < 4.78 is 5.41. The van der Waals surface area contributed by atoms with Crippen LogP contribution in [0.5, 0.6) is 5.75 Å². The van der Waals surface area contributed by atoms with Gasteiger partial charge in [-0.15, -0.1) is 0 Å². The van der Waals surface area contributed by atoms with Crippen molar-refractivity contribution in [1.82, 2.24) is 4.90 Å². The Morgan fingerprint density at radius 3 is 2.53 bits per heavy atom. The second-order valence-corrected chi connectivity index (χ2v) is 4.37. The summed E-state index contributed by atoms with van der Waals surface area (Å²) in [5.74, 6) is 0.975. The van der Waals surface area contributed by atoms with Crippen LogP contribution in [-0.2, 0) is 0 Å². The first kappa shape index (κ1) is 12.2. The highest BCUT2D eigenvalue weighted by Gasteiger charge is 2.18. The molecule has 1 aliphatic rings. The van der Waals surface area contributed by atoms with Gasteiger partial charge in [0, 0.05) is 32.7 Å². The van der Waals surface area contributed by atoms with Crippen molar-refractivity contribution in [3.05, 3.63) is 30.7 Å². The SMILES string of the molecule is C[CH]CN1CCN(c2ccccc2OC)CC1. The third-order valence-electron chi connectivity index (χ3n) is 3.24. The summed E-state index contributed by atoms with van der Waals surface area (Å²) in [6.45, 7) is 7.62. The Morgan fingerprint density at radius 1 is 1.18 bits per heavy atom. The van der Waals surface area contributed by atoms with E-state index in [1.807, 2.05) is 12.1 Å². The van der Waals surface area contributed by atoms with Crippen molar-refractivity contribution in [2.24, 2.45) is 0 Å². The van der Waals surface area contributed by atoms with Crippen molar-refractivity contribution in [3.8, 4) is 5.75 Å². The van der Waals surface area contributed by atoms with Crippen LogP contribution in [0, 0.1) is 6.42 Å². The van der Waals surface area contributed by atoms with E-state index >= 15 is 0 Å². The smallest absolute Gasteiger partial charge is 0.142 e. The molecule has 0 bridgehead atoms. The molecule has 1 fully saturated rings. The van der Waals surface area contributed by atoms with Crippen LogP contribution in [-0.4, -0.2) is 44.7 Å². The minimum Gasteiger partial charge on any atom is -0.495 e. The monoisotopic (exact) mass is 233 g/mol. The molecule has 0 aromatic heterocycles. The van der Waals surface area contributed by atoms with Gasteiger partial charge in [-0.3, -0.25) is 4.90 Å². The van der Waals surface area contributed by atoms with Crippen molar-refractivity contribution in [2.45, 2.75) is 6.92 Å². The van der Waals surface area contributed by atoms with Crippen LogP contribution in [0.2, 0.25) is 0 Å². The van der Waals surface area contributed by atoms with Gasteiger partial charge >= 0.3 is 0 Å². The number of benzene rings is 1. The molecule has 1 aromatic carbocycles. The first-order valence-electron chi connectivity index (χ1n) is 6.23. The number of hydrogen-bond donors (Lipinski definition) is 0. The van der Waals surface area contributed by atoms with Gasteiger partial charge in [-0.1, -0.05) is 19.1 Å². The molecule has 0 spiro atoms. The maximum absolute atomic E-state index is 5.41. The number of nitrogens with zero attached hydrogens (tertiary/aromatic N) is 2. The van der Waals surface area contributed by atoms with Crippen molar-refractivity contribution in [3.63, 3.8) is 0 Å². The summed E-state index contributed by atoms with van der Waals surface area (Å²) in [6.07, 6.45) is 2.22. The number of rotatable bonds is 4. The largest absolute Gasteiger partial charge is 0.495 e. The van der Waals surface area contributed by atoms with E-state index in [0.717, 1.165) is 38.5 Å². The highest BCUT2D eigenvalue weighted by molar-refractivity contribution is 5.58. The lowest BCUT2D eigenvalue weighted by molar-refractivity contribution is 0.275. The fourth-order valence-electron chi connectivity index (χ4n) is 2.32. The normalized spacial score (nSPS) is 17.2. The Kier molecular flexibility index (Phi) is 4.26. The van der Waals surface area contributed by atoms with Crippen LogP contribution in [0.15, 0.2) is 24.3 Å². The number of piperazine rings is 1. The molecule has 1 aromatic rings. The topological polar surface area (TPSA) is 15.7 Å². The summed E-state index contributed by atoms with van der Waals surface area (Å²) in [4.78, 5) is 4.89. The first-order chi connectivity index (χ1) is 8.35. The molecular formula is C14H21N2O. The van der Waals surface area contributed by atoms with E-state index in [0.29, 0.717) is 0 Å². The van der Waals surface area contributed by atoms with E-state index < -0.39 is 0 Å². The molecular weight excluding hydrogens is 212 g/mol. The van der Waals surface area contributed by atoms with Crippen LogP contribution < -0.4 is 9.64 Å². The molecule has 0 N–H and O–H groups in total. The van der Waals surface area contributed by atoms with Crippen molar-refractivity contribution in [2.75, 3.05) is 44.7 Å². The number of ether oxygens (including phenoxy) is 1. The summed E-state index contributed by atoms with van der Waals surface area (Å²) in [5, 5.41) is 0. The molecule has 93 valence electrons. The summed E-state index contributed by atoms with van der Waals surface area (Å²) in [5.41, 5.74) is 1.22. The minimum absolute atomic E-state index is 0.975.